The van der Waals surface area contributed by atoms with Crippen LogP contribution in [0.1, 0.15) is 18.4 Å². The third kappa shape index (κ3) is 6.10. The van der Waals surface area contributed by atoms with Crippen molar-refractivity contribution in [3.63, 3.8) is 0 Å². The van der Waals surface area contributed by atoms with Gasteiger partial charge in [0.2, 0.25) is 0 Å². The van der Waals surface area contributed by atoms with Gasteiger partial charge in [-0.1, -0.05) is 12.1 Å². The molecule has 2 N–H and O–H groups in total. The molecule has 2 rings (SSSR count). The normalized spacial score (nSPS) is 16.9. The fourth-order valence-corrected chi connectivity index (χ4v) is 2.63. The molecule has 0 radical (unpaired) electrons. The molecule has 0 saturated carbocycles. The summed E-state index contributed by atoms with van der Waals surface area (Å²) in [5, 5.41) is 6.67. The number of guanidine groups is 1. The number of nitrogens with zero attached hydrogens (tertiary/aromatic N) is 1. The lowest BCUT2D eigenvalue weighted by Crippen LogP contribution is -2.50. The number of aliphatic imine (C=N–C) groups is 1. The minimum atomic E-state index is -0.175. The van der Waals surface area contributed by atoms with Gasteiger partial charge in [-0.2, -0.15) is 0 Å². The molecular weight excluding hydrogens is 421 g/mol. The van der Waals surface area contributed by atoms with E-state index in [-0.39, 0.29) is 29.6 Å². The molecule has 7 heteroatoms. The van der Waals surface area contributed by atoms with Crippen molar-refractivity contribution in [3.05, 3.63) is 29.8 Å². The number of hydrogen-bond acceptors (Lipinski definition) is 4. The minimum absolute atomic E-state index is 0. The monoisotopic (exact) mass is 449 g/mol. The number of hydrogen-bond donors (Lipinski definition) is 2. The van der Waals surface area contributed by atoms with Crippen LogP contribution in [-0.4, -0.2) is 52.6 Å². The molecule has 1 saturated heterocycles. The molecule has 0 spiro atoms. The number of methoxy groups -OCH3 is 2. The van der Waals surface area contributed by atoms with Gasteiger partial charge in [-0.3, -0.25) is 4.99 Å². The fourth-order valence-electron chi connectivity index (χ4n) is 2.63. The molecule has 0 atom stereocenters. The molecule has 1 aliphatic heterocycles. The molecule has 24 heavy (non-hydrogen) atoms. The summed E-state index contributed by atoms with van der Waals surface area (Å²) in [6, 6.07) is 7.98. The van der Waals surface area contributed by atoms with Crippen LogP contribution in [0.2, 0.25) is 0 Å². The van der Waals surface area contributed by atoms with E-state index in [4.69, 9.17) is 14.2 Å². The van der Waals surface area contributed by atoms with E-state index in [2.05, 4.69) is 21.7 Å². The summed E-state index contributed by atoms with van der Waals surface area (Å²) in [4.78, 5) is 4.27. The summed E-state index contributed by atoms with van der Waals surface area (Å²) >= 11 is 0. The van der Waals surface area contributed by atoms with Gasteiger partial charge in [0, 0.05) is 53.3 Å². The zero-order valence-electron chi connectivity index (χ0n) is 14.6. The van der Waals surface area contributed by atoms with Gasteiger partial charge < -0.3 is 24.8 Å². The maximum atomic E-state index is 5.72. The van der Waals surface area contributed by atoms with Crippen molar-refractivity contribution in [2.24, 2.45) is 4.99 Å². The molecule has 1 aromatic rings. The van der Waals surface area contributed by atoms with Crippen molar-refractivity contribution in [3.8, 4) is 5.75 Å². The third-order valence-corrected chi connectivity index (χ3v) is 4.23. The summed E-state index contributed by atoms with van der Waals surface area (Å²) in [5.41, 5.74) is 0.964. The van der Waals surface area contributed by atoms with E-state index in [9.17, 15) is 0 Å². The van der Waals surface area contributed by atoms with Crippen LogP contribution in [0, 0.1) is 0 Å². The van der Waals surface area contributed by atoms with E-state index >= 15 is 0 Å². The van der Waals surface area contributed by atoms with Crippen LogP contribution in [0.4, 0.5) is 0 Å². The standard InChI is InChI=1S/C17H27N3O3.HI/c1-18-16(19-12-14-5-4-6-15(11-14)21-2)20-13-17(22-3)7-9-23-10-8-17;/h4-6,11H,7-10,12-13H2,1-3H3,(H2,18,19,20);1H. The van der Waals surface area contributed by atoms with Gasteiger partial charge in [0.15, 0.2) is 5.96 Å². The van der Waals surface area contributed by atoms with E-state index in [0.717, 1.165) is 43.3 Å². The maximum absolute atomic E-state index is 5.72. The molecule has 0 bridgehead atoms. The summed E-state index contributed by atoms with van der Waals surface area (Å²) in [7, 11) is 5.20. The first kappa shape index (κ1) is 21.0. The largest absolute Gasteiger partial charge is 0.497 e. The first-order chi connectivity index (χ1) is 11.2. The molecule has 1 aromatic carbocycles. The van der Waals surface area contributed by atoms with Crippen LogP contribution in [-0.2, 0) is 16.0 Å². The number of nitrogens with one attached hydrogen (secondary N) is 2. The van der Waals surface area contributed by atoms with Crippen LogP contribution in [0.3, 0.4) is 0 Å². The van der Waals surface area contributed by atoms with E-state index in [1.165, 1.54) is 0 Å². The summed E-state index contributed by atoms with van der Waals surface area (Å²) in [6.45, 7) is 2.88. The second-order valence-corrected chi connectivity index (χ2v) is 5.63. The Morgan fingerprint density at radius 3 is 2.62 bits per heavy atom. The average molecular weight is 449 g/mol. The fraction of sp³-hybridized carbons (Fsp3) is 0.588. The highest BCUT2D eigenvalue weighted by molar-refractivity contribution is 14.0. The number of halogens is 1. The van der Waals surface area contributed by atoms with Gasteiger partial charge >= 0.3 is 0 Å². The molecule has 0 unspecified atom stereocenters. The Balaban J connectivity index is 0.00000288. The van der Waals surface area contributed by atoms with Crippen molar-refractivity contribution >= 4 is 29.9 Å². The molecule has 1 heterocycles. The summed E-state index contributed by atoms with van der Waals surface area (Å²) in [5.74, 6) is 1.61. The number of benzene rings is 1. The van der Waals surface area contributed by atoms with Crippen molar-refractivity contribution in [2.45, 2.75) is 25.0 Å². The second-order valence-electron chi connectivity index (χ2n) is 5.63. The van der Waals surface area contributed by atoms with Crippen LogP contribution in [0.25, 0.3) is 0 Å². The second kappa shape index (κ2) is 10.7. The first-order valence-electron chi connectivity index (χ1n) is 7.92. The highest BCUT2D eigenvalue weighted by Crippen LogP contribution is 2.23. The zero-order valence-corrected chi connectivity index (χ0v) is 17.0. The van der Waals surface area contributed by atoms with Gasteiger partial charge in [-0.15, -0.1) is 24.0 Å². The summed E-state index contributed by atoms with van der Waals surface area (Å²) in [6.07, 6.45) is 1.78. The molecule has 1 aliphatic rings. The lowest BCUT2D eigenvalue weighted by Gasteiger charge is -2.36. The van der Waals surface area contributed by atoms with Gasteiger partial charge in [0.1, 0.15) is 5.75 Å². The van der Waals surface area contributed by atoms with Gasteiger partial charge in [0.25, 0.3) is 0 Å². The number of ether oxygens (including phenoxy) is 3. The van der Waals surface area contributed by atoms with Crippen LogP contribution in [0.15, 0.2) is 29.3 Å². The van der Waals surface area contributed by atoms with Gasteiger partial charge in [-0.05, 0) is 17.7 Å². The minimum Gasteiger partial charge on any atom is -0.497 e. The van der Waals surface area contributed by atoms with Crippen molar-refractivity contribution in [1.82, 2.24) is 10.6 Å². The van der Waals surface area contributed by atoms with Crippen molar-refractivity contribution in [2.75, 3.05) is 41.0 Å². The Labute approximate surface area is 161 Å². The Kier molecular flexibility index (Phi) is 9.38. The Morgan fingerprint density at radius 2 is 2.00 bits per heavy atom. The Hall–Kier alpha value is -1.06. The maximum Gasteiger partial charge on any atom is 0.191 e. The van der Waals surface area contributed by atoms with Crippen molar-refractivity contribution < 1.29 is 14.2 Å². The van der Waals surface area contributed by atoms with Crippen LogP contribution >= 0.6 is 24.0 Å². The summed E-state index contributed by atoms with van der Waals surface area (Å²) < 4.78 is 16.4. The molecular formula is C17H28IN3O3. The highest BCUT2D eigenvalue weighted by Gasteiger charge is 2.32. The van der Waals surface area contributed by atoms with Crippen LogP contribution in [0.5, 0.6) is 5.75 Å². The van der Waals surface area contributed by atoms with E-state index in [0.29, 0.717) is 13.1 Å². The molecule has 136 valence electrons. The third-order valence-electron chi connectivity index (χ3n) is 4.23. The van der Waals surface area contributed by atoms with Gasteiger partial charge in [-0.25, -0.2) is 0 Å². The Morgan fingerprint density at radius 1 is 1.25 bits per heavy atom. The molecule has 6 nitrogen and oxygen atoms in total. The quantitative estimate of drug-likeness (QED) is 0.396. The highest BCUT2D eigenvalue weighted by atomic mass is 127. The predicted molar refractivity (Wildman–Crippen MR) is 106 cm³/mol. The topological polar surface area (TPSA) is 64.1 Å². The molecule has 0 aromatic heterocycles. The van der Waals surface area contributed by atoms with E-state index < -0.39 is 0 Å². The van der Waals surface area contributed by atoms with Gasteiger partial charge in [0.05, 0.1) is 12.7 Å². The molecule has 1 fully saturated rings. The lowest BCUT2D eigenvalue weighted by molar-refractivity contribution is -0.0855. The first-order valence-corrected chi connectivity index (χ1v) is 7.92. The van der Waals surface area contributed by atoms with Crippen molar-refractivity contribution in [1.29, 1.82) is 0 Å². The molecule has 0 amide bonds. The predicted octanol–water partition coefficient (Wildman–Crippen LogP) is 2.17. The smallest absolute Gasteiger partial charge is 0.191 e. The lowest BCUT2D eigenvalue weighted by atomic mass is 9.94. The van der Waals surface area contributed by atoms with Crippen LogP contribution < -0.4 is 15.4 Å². The number of rotatable bonds is 6. The van der Waals surface area contributed by atoms with E-state index in [1.54, 1.807) is 21.3 Å². The zero-order chi connectivity index (χ0) is 16.5. The average Bonchev–Trinajstić information content (AvgIpc) is 2.63. The molecule has 0 aliphatic carbocycles. The Bertz CT molecular complexity index is 520. The van der Waals surface area contributed by atoms with E-state index in [1.807, 2.05) is 18.2 Å². The SMILES string of the molecule is CN=C(NCc1cccc(OC)c1)NCC1(OC)CCOCC1.I.